The number of hydrogen-bond donors (Lipinski definition) is 1. The van der Waals surface area contributed by atoms with Gasteiger partial charge in [0.25, 0.3) is 5.56 Å². The van der Waals surface area contributed by atoms with Crippen molar-refractivity contribution in [1.29, 1.82) is 0 Å². The van der Waals surface area contributed by atoms with Crippen molar-refractivity contribution in [3.05, 3.63) is 20.8 Å². The second-order valence-electron chi connectivity index (χ2n) is 4.94. The van der Waals surface area contributed by atoms with Gasteiger partial charge in [-0.25, -0.2) is 9.78 Å². The maximum Gasteiger partial charge on any atom is 0.332 e. The lowest BCUT2D eigenvalue weighted by Gasteiger charge is -2.09. The Bertz CT molecular complexity index is 724. The summed E-state index contributed by atoms with van der Waals surface area (Å²) < 4.78 is 2.49. The summed E-state index contributed by atoms with van der Waals surface area (Å²) in [5.74, 6) is 1.60. The first-order valence-corrected chi connectivity index (χ1v) is 7.76. The zero-order valence-corrected chi connectivity index (χ0v) is 13.1. The van der Waals surface area contributed by atoms with Gasteiger partial charge in [0.05, 0.1) is 0 Å². The fourth-order valence-electron chi connectivity index (χ4n) is 2.09. The monoisotopic (exact) mass is 296 g/mol. The lowest BCUT2D eigenvalue weighted by atomic mass is 10.1. The first-order valence-electron chi connectivity index (χ1n) is 6.78. The molecular formula is C13H20N4O2S. The highest BCUT2D eigenvalue weighted by Crippen LogP contribution is 2.22. The van der Waals surface area contributed by atoms with Gasteiger partial charge < -0.3 is 4.98 Å². The van der Waals surface area contributed by atoms with E-state index in [1.54, 1.807) is 18.8 Å². The van der Waals surface area contributed by atoms with Crippen LogP contribution in [-0.2, 0) is 14.1 Å². The molecule has 110 valence electrons. The zero-order valence-electron chi connectivity index (χ0n) is 12.3. The molecule has 0 radical (unpaired) electrons. The fraction of sp³-hybridized carbons (Fsp3) is 0.615. The molecule has 0 aliphatic heterocycles. The average molecular weight is 296 g/mol. The van der Waals surface area contributed by atoms with Gasteiger partial charge in [0.15, 0.2) is 16.3 Å². The molecule has 0 unspecified atom stereocenters. The van der Waals surface area contributed by atoms with Crippen LogP contribution in [0, 0.1) is 5.92 Å². The summed E-state index contributed by atoms with van der Waals surface area (Å²) >= 11 is 1.60. The van der Waals surface area contributed by atoms with Crippen molar-refractivity contribution < 1.29 is 0 Å². The highest BCUT2D eigenvalue weighted by atomic mass is 32.2. The summed E-state index contributed by atoms with van der Waals surface area (Å²) in [6, 6.07) is 0. The van der Waals surface area contributed by atoms with Gasteiger partial charge >= 0.3 is 5.69 Å². The van der Waals surface area contributed by atoms with E-state index in [4.69, 9.17) is 0 Å². The molecule has 6 nitrogen and oxygen atoms in total. The molecule has 0 spiro atoms. The second kappa shape index (κ2) is 5.87. The third-order valence-corrected chi connectivity index (χ3v) is 4.79. The van der Waals surface area contributed by atoms with E-state index in [1.807, 2.05) is 0 Å². The molecule has 0 aliphatic rings. The van der Waals surface area contributed by atoms with Gasteiger partial charge in [-0.2, -0.15) is 0 Å². The molecule has 1 N–H and O–H groups in total. The number of aryl methyl sites for hydroxylation is 1. The van der Waals surface area contributed by atoms with Crippen LogP contribution in [0.15, 0.2) is 14.7 Å². The number of aromatic amines is 1. The van der Waals surface area contributed by atoms with Gasteiger partial charge in [0.1, 0.15) is 0 Å². The van der Waals surface area contributed by atoms with E-state index in [1.165, 1.54) is 11.6 Å². The predicted octanol–water partition coefficient (Wildman–Crippen LogP) is 1.49. The molecule has 0 fully saturated rings. The van der Waals surface area contributed by atoms with Crippen LogP contribution < -0.4 is 11.2 Å². The number of nitrogens with one attached hydrogen (secondary N) is 1. The molecular weight excluding hydrogens is 276 g/mol. The van der Waals surface area contributed by atoms with Crippen LogP contribution in [0.4, 0.5) is 0 Å². The largest absolute Gasteiger partial charge is 0.332 e. The van der Waals surface area contributed by atoms with E-state index in [9.17, 15) is 9.59 Å². The third kappa shape index (κ3) is 2.54. The number of aromatic nitrogens is 4. The highest BCUT2D eigenvalue weighted by molar-refractivity contribution is 7.99. The molecule has 0 saturated carbocycles. The maximum absolute atomic E-state index is 12.0. The Morgan fingerprint density at radius 3 is 2.45 bits per heavy atom. The van der Waals surface area contributed by atoms with Crippen LogP contribution in [-0.4, -0.2) is 24.9 Å². The van der Waals surface area contributed by atoms with Crippen molar-refractivity contribution in [3.63, 3.8) is 0 Å². The van der Waals surface area contributed by atoms with Crippen molar-refractivity contribution >= 4 is 22.9 Å². The molecule has 0 aliphatic carbocycles. The third-order valence-electron chi connectivity index (χ3n) is 3.68. The molecule has 2 aromatic rings. The zero-order chi connectivity index (χ0) is 14.9. The van der Waals surface area contributed by atoms with Gasteiger partial charge in [-0.1, -0.05) is 38.5 Å². The van der Waals surface area contributed by atoms with E-state index in [2.05, 4.69) is 23.8 Å². The number of nitrogens with zero attached hydrogens (tertiary/aromatic N) is 3. The lowest BCUT2D eigenvalue weighted by Crippen LogP contribution is -2.36. The summed E-state index contributed by atoms with van der Waals surface area (Å²) in [5.41, 5.74) is 0.127. The summed E-state index contributed by atoms with van der Waals surface area (Å²) in [7, 11) is 3.10. The first kappa shape index (κ1) is 14.9. The quantitative estimate of drug-likeness (QED) is 0.848. The maximum atomic E-state index is 12.0. The minimum absolute atomic E-state index is 0.329. The van der Waals surface area contributed by atoms with Crippen LogP contribution in [0.25, 0.3) is 11.2 Å². The van der Waals surface area contributed by atoms with Crippen LogP contribution in [0.5, 0.6) is 0 Å². The summed E-state index contributed by atoms with van der Waals surface area (Å²) in [6.45, 7) is 4.35. The van der Waals surface area contributed by atoms with Gasteiger partial charge in [-0.3, -0.25) is 13.9 Å². The molecule has 0 saturated heterocycles. The molecule has 0 amide bonds. The molecule has 0 atom stereocenters. The van der Waals surface area contributed by atoms with Crippen LogP contribution in [0.2, 0.25) is 0 Å². The molecule has 2 rings (SSSR count). The number of imidazole rings is 1. The number of thioether (sulfide) groups is 1. The van der Waals surface area contributed by atoms with Crippen molar-refractivity contribution in [2.45, 2.75) is 31.8 Å². The standard InChI is InChI=1S/C13H20N4O2S/c1-5-8(6-2)7-20-12-14-9-10(15-12)16(3)13(19)17(4)11(9)18/h8H,5-7H2,1-4H3,(H,14,15). The SMILES string of the molecule is CCC(CC)CSc1nc2c([nH]1)c(=O)n(C)c(=O)n2C. The van der Waals surface area contributed by atoms with E-state index in [0.717, 1.165) is 23.2 Å². The highest BCUT2D eigenvalue weighted by Gasteiger charge is 2.14. The minimum Gasteiger partial charge on any atom is -0.327 e. The summed E-state index contributed by atoms with van der Waals surface area (Å²) in [5, 5.41) is 0.699. The number of hydrogen-bond acceptors (Lipinski definition) is 4. The van der Waals surface area contributed by atoms with E-state index < -0.39 is 0 Å². The van der Waals surface area contributed by atoms with Crippen molar-refractivity contribution in [2.24, 2.45) is 20.0 Å². The van der Waals surface area contributed by atoms with Gasteiger partial charge in [0, 0.05) is 19.8 Å². The Labute approximate surface area is 121 Å². The smallest absolute Gasteiger partial charge is 0.327 e. The predicted molar refractivity (Wildman–Crippen MR) is 81.4 cm³/mol. The molecule has 7 heteroatoms. The lowest BCUT2D eigenvalue weighted by molar-refractivity contribution is 0.553. The topological polar surface area (TPSA) is 72.7 Å². The Balaban J connectivity index is 2.40. The summed E-state index contributed by atoms with van der Waals surface area (Å²) in [4.78, 5) is 31.3. The van der Waals surface area contributed by atoms with Gasteiger partial charge in [-0.05, 0) is 5.92 Å². The first-order chi connectivity index (χ1) is 9.49. The number of rotatable bonds is 5. The van der Waals surface area contributed by atoms with E-state index >= 15 is 0 Å². The van der Waals surface area contributed by atoms with Gasteiger partial charge in [0.2, 0.25) is 0 Å². The van der Waals surface area contributed by atoms with Crippen molar-refractivity contribution in [1.82, 2.24) is 19.1 Å². The Kier molecular flexibility index (Phi) is 4.37. The van der Waals surface area contributed by atoms with Crippen LogP contribution >= 0.6 is 11.8 Å². The number of fused-ring (bicyclic) bond motifs is 1. The minimum atomic E-state index is -0.356. The normalized spacial score (nSPS) is 11.7. The van der Waals surface area contributed by atoms with E-state index in [-0.39, 0.29) is 11.2 Å². The molecule has 2 heterocycles. The molecule has 0 aromatic carbocycles. The molecule has 20 heavy (non-hydrogen) atoms. The van der Waals surface area contributed by atoms with Crippen molar-refractivity contribution in [2.75, 3.05) is 5.75 Å². The second-order valence-corrected chi connectivity index (χ2v) is 5.95. The van der Waals surface area contributed by atoms with E-state index in [0.29, 0.717) is 22.2 Å². The summed E-state index contributed by atoms with van der Waals surface area (Å²) in [6.07, 6.45) is 2.26. The molecule has 0 bridgehead atoms. The van der Waals surface area contributed by atoms with Gasteiger partial charge in [-0.15, -0.1) is 0 Å². The van der Waals surface area contributed by atoms with Crippen LogP contribution in [0.3, 0.4) is 0 Å². The Hall–Kier alpha value is -1.50. The fourth-order valence-corrected chi connectivity index (χ4v) is 3.28. The number of H-pyrrole nitrogens is 1. The Morgan fingerprint density at radius 2 is 1.85 bits per heavy atom. The Morgan fingerprint density at radius 1 is 1.20 bits per heavy atom. The van der Waals surface area contributed by atoms with Crippen molar-refractivity contribution in [3.8, 4) is 0 Å². The van der Waals surface area contributed by atoms with Crippen LogP contribution in [0.1, 0.15) is 26.7 Å². The average Bonchev–Trinajstić information content (AvgIpc) is 2.88. The molecule has 2 aromatic heterocycles.